The van der Waals surface area contributed by atoms with Crippen molar-refractivity contribution in [1.29, 1.82) is 0 Å². The van der Waals surface area contributed by atoms with Gasteiger partial charge in [-0.25, -0.2) is 4.99 Å². The van der Waals surface area contributed by atoms with Crippen molar-refractivity contribution in [2.24, 2.45) is 10.4 Å². The number of hydrogen-bond donors (Lipinski definition) is 3. The van der Waals surface area contributed by atoms with E-state index in [-0.39, 0.29) is 28.3 Å². The van der Waals surface area contributed by atoms with Crippen molar-refractivity contribution in [2.75, 3.05) is 11.5 Å². The Hall–Kier alpha value is -2.88. The average Bonchev–Trinajstić information content (AvgIpc) is 3.66. The number of thioether (sulfide) groups is 3. The molecule has 3 aromatic rings. The van der Waals surface area contributed by atoms with Crippen LogP contribution in [-0.2, 0) is 21.7 Å². The molecule has 1 aliphatic heterocycles. The van der Waals surface area contributed by atoms with Gasteiger partial charge in [-0.15, -0.1) is 35.3 Å². The largest absolute Gasteiger partial charge is 0.507 e. The van der Waals surface area contributed by atoms with Crippen LogP contribution in [0.5, 0.6) is 11.5 Å². The summed E-state index contributed by atoms with van der Waals surface area (Å²) in [6.07, 6.45) is 3.83. The summed E-state index contributed by atoms with van der Waals surface area (Å²) in [6.45, 7) is 30.4. The minimum atomic E-state index is -1.81. The number of nitrogens with one attached hydrogen (secondary N) is 1. The first-order chi connectivity index (χ1) is 24.3. The number of carbonyl (C=O) groups excluding carboxylic acids is 2. The third-order valence-electron chi connectivity index (χ3n) is 9.66. The highest BCUT2D eigenvalue weighted by molar-refractivity contribution is 8.14. The van der Waals surface area contributed by atoms with Gasteiger partial charge in [0.2, 0.25) is 0 Å². The predicted octanol–water partition coefficient (Wildman–Crippen LogP) is 12.2. The van der Waals surface area contributed by atoms with Gasteiger partial charge in [0.25, 0.3) is 0 Å². The molecule has 0 amide bonds. The Morgan fingerprint density at radius 3 is 1.43 bits per heavy atom. The number of hydrogen-bond acceptors (Lipinski definition) is 8. The van der Waals surface area contributed by atoms with Gasteiger partial charge in [0.1, 0.15) is 21.6 Å². The molecule has 1 aromatic heterocycles. The fourth-order valence-electron chi connectivity index (χ4n) is 6.72. The first kappa shape index (κ1) is 42.9. The number of ketones is 2. The lowest BCUT2D eigenvalue weighted by Gasteiger charge is -2.34. The van der Waals surface area contributed by atoms with Gasteiger partial charge in [0.15, 0.2) is 17.0 Å². The highest BCUT2D eigenvalue weighted by Crippen LogP contribution is 2.57. The van der Waals surface area contributed by atoms with Gasteiger partial charge in [0.05, 0.1) is 0 Å². The van der Waals surface area contributed by atoms with E-state index in [9.17, 15) is 10.2 Å². The number of aliphatic imine (C=N–C) groups is 1. The number of Topliss-reactive ketones (excluding diaryl/α,β-unsaturated/α-hetero) is 2. The first-order valence-electron chi connectivity index (χ1n) is 18.6. The summed E-state index contributed by atoms with van der Waals surface area (Å²) in [5.41, 5.74) is 0.536. The minimum absolute atomic E-state index is 0.116. The van der Waals surface area contributed by atoms with Gasteiger partial charge in [-0.3, -0.25) is 9.59 Å². The molecule has 1 aliphatic rings. The lowest BCUT2D eigenvalue weighted by Crippen LogP contribution is -2.45. The fourth-order valence-corrected chi connectivity index (χ4v) is 10.1. The van der Waals surface area contributed by atoms with Gasteiger partial charge in [-0.05, 0) is 76.0 Å². The number of benzene rings is 2. The van der Waals surface area contributed by atoms with Crippen molar-refractivity contribution in [3.8, 4) is 11.5 Å². The lowest BCUT2D eigenvalue weighted by atomic mass is 9.71. The second-order valence-electron chi connectivity index (χ2n) is 18.1. The Balaban J connectivity index is 2.22. The number of phenolic OH excluding ortho intramolecular Hbond substituents is 2. The molecule has 0 bridgehead atoms. The molecule has 288 valence electrons. The highest BCUT2D eigenvalue weighted by atomic mass is 32.2. The quantitative estimate of drug-likeness (QED) is 0.139. The summed E-state index contributed by atoms with van der Waals surface area (Å²) in [4.78, 5) is 41.2. The molecule has 0 spiro atoms. The average molecular weight is 777 g/mol. The maximum Gasteiger partial charge on any atom is 0.188 e. The summed E-state index contributed by atoms with van der Waals surface area (Å²) in [5.74, 6) is 0.909. The Bertz CT molecular complexity index is 1760. The normalized spacial score (nSPS) is 15.9. The maximum absolute atomic E-state index is 16.1. The molecule has 0 aliphatic carbocycles. The zero-order chi connectivity index (χ0) is 40.1. The van der Waals surface area contributed by atoms with Crippen molar-refractivity contribution in [3.05, 3.63) is 91.6 Å². The zero-order valence-corrected chi connectivity index (χ0v) is 36.9. The molecule has 4 rings (SSSR count). The van der Waals surface area contributed by atoms with Crippen LogP contribution in [0, 0.1) is 5.41 Å². The molecular weight excluding hydrogens is 717 g/mol. The van der Waals surface area contributed by atoms with Crippen LogP contribution in [0.4, 0.5) is 0 Å². The molecule has 1 atom stereocenters. The van der Waals surface area contributed by atoms with Crippen LogP contribution < -0.4 is 0 Å². The number of carbonyl (C=O) groups is 2. The molecule has 0 radical (unpaired) electrons. The van der Waals surface area contributed by atoms with Gasteiger partial charge >= 0.3 is 0 Å². The number of H-pyrrole nitrogens is 1. The van der Waals surface area contributed by atoms with Crippen molar-refractivity contribution >= 4 is 51.9 Å². The van der Waals surface area contributed by atoms with E-state index in [4.69, 9.17) is 4.99 Å². The van der Waals surface area contributed by atoms with E-state index in [0.717, 1.165) is 5.56 Å². The smallest absolute Gasteiger partial charge is 0.188 e. The topological polar surface area (TPSA) is 103 Å². The SMILES string of the molecule is CCSC1=NC(SCC)=C(SC(C)c2cc[nH]c2)C1(C(=O)c1cc(C(C)(C)C)c(O)c(C(C)(C)C)c1)C(=O)c1cc(C(C)(C)C)c(O)c(C(C)(C)C)c1. The number of aromatic amines is 1. The number of aromatic hydroxyl groups is 2. The van der Waals surface area contributed by atoms with Gasteiger partial charge in [-0.2, -0.15) is 0 Å². The number of rotatable bonds is 10. The van der Waals surface area contributed by atoms with Crippen LogP contribution in [0.1, 0.15) is 158 Å². The van der Waals surface area contributed by atoms with E-state index in [0.29, 0.717) is 59.9 Å². The van der Waals surface area contributed by atoms with Crippen LogP contribution in [-0.4, -0.2) is 43.3 Å². The summed E-state index contributed by atoms with van der Waals surface area (Å²) in [6, 6.07) is 9.17. The number of nitrogens with zero attached hydrogens (tertiary/aromatic N) is 1. The fraction of sp³-hybridized carbons (Fsp3) is 0.523. The van der Waals surface area contributed by atoms with E-state index in [1.54, 1.807) is 36.0 Å². The number of phenols is 2. The highest BCUT2D eigenvalue weighted by Gasteiger charge is 2.59. The molecule has 53 heavy (non-hydrogen) atoms. The number of allylic oxidation sites excluding steroid dienone is 1. The van der Waals surface area contributed by atoms with Gasteiger partial charge in [-0.1, -0.05) is 96.9 Å². The van der Waals surface area contributed by atoms with E-state index in [2.05, 4.69) is 18.8 Å². The van der Waals surface area contributed by atoms with Crippen molar-refractivity contribution in [1.82, 2.24) is 4.98 Å². The summed E-state index contributed by atoms with van der Waals surface area (Å²) in [5, 5.41) is 24.4. The predicted molar refractivity (Wildman–Crippen MR) is 230 cm³/mol. The summed E-state index contributed by atoms with van der Waals surface area (Å²) < 4.78 is 0. The molecule has 0 saturated heterocycles. The molecule has 2 aromatic carbocycles. The second-order valence-corrected chi connectivity index (χ2v) is 21.9. The van der Waals surface area contributed by atoms with E-state index in [1.807, 2.05) is 108 Å². The Labute approximate surface area is 330 Å². The third kappa shape index (κ3) is 8.37. The van der Waals surface area contributed by atoms with Gasteiger partial charge in [0, 0.05) is 55.9 Å². The lowest BCUT2D eigenvalue weighted by molar-refractivity contribution is 0.0795. The molecular formula is C44H60N2O4S3. The van der Waals surface area contributed by atoms with E-state index >= 15 is 9.59 Å². The standard InChI is InChI=1S/C44H60N2O4S3/c1-16-51-38-37(53-25(3)26-18-19-45-24-26)44(39(46-38)52-17-2,35(49)27-20-29(40(4,5)6)33(47)30(21-27)41(7,8)9)36(50)28-22-31(42(10,11)12)34(48)32(23-28)43(13,14)15/h18-25,45,47-48H,16-17H2,1-15H3. The van der Waals surface area contributed by atoms with Crippen molar-refractivity contribution in [2.45, 2.75) is 131 Å². The molecule has 3 N–H and O–H groups in total. The second kappa shape index (κ2) is 15.3. The summed E-state index contributed by atoms with van der Waals surface area (Å²) >= 11 is 4.48. The monoisotopic (exact) mass is 776 g/mol. The third-order valence-corrected chi connectivity index (χ3v) is 13.0. The Morgan fingerprint density at radius 1 is 0.717 bits per heavy atom. The van der Waals surface area contributed by atoms with Gasteiger partial charge < -0.3 is 15.2 Å². The van der Waals surface area contributed by atoms with Crippen LogP contribution >= 0.6 is 35.3 Å². The number of aromatic nitrogens is 1. The van der Waals surface area contributed by atoms with Crippen LogP contribution in [0.25, 0.3) is 0 Å². The molecule has 0 fully saturated rings. The van der Waals surface area contributed by atoms with Crippen LogP contribution in [0.2, 0.25) is 0 Å². The molecule has 1 unspecified atom stereocenters. The Kier molecular flexibility index (Phi) is 12.4. The molecule has 2 heterocycles. The maximum atomic E-state index is 16.1. The zero-order valence-electron chi connectivity index (χ0n) is 34.4. The molecule has 6 nitrogen and oxygen atoms in total. The molecule has 0 saturated carbocycles. The Morgan fingerprint density at radius 2 is 1.11 bits per heavy atom. The first-order valence-corrected chi connectivity index (χ1v) is 21.4. The van der Waals surface area contributed by atoms with Crippen LogP contribution in [0.3, 0.4) is 0 Å². The summed E-state index contributed by atoms with van der Waals surface area (Å²) in [7, 11) is 0. The molecule has 9 heteroatoms. The minimum Gasteiger partial charge on any atom is -0.507 e. The van der Waals surface area contributed by atoms with Crippen molar-refractivity contribution in [3.63, 3.8) is 0 Å². The van der Waals surface area contributed by atoms with Crippen LogP contribution in [0.15, 0.2) is 57.7 Å². The van der Waals surface area contributed by atoms with E-state index in [1.165, 1.54) is 23.5 Å². The van der Waals surface area contributed by atoms with Crippen molar-refractivity contribution < 1.29 is 19.8 Å². The van der Waals surface area contributed by atoms with E-state index < -0.39 is 27.1 Å².